The molecule has 174 valence electrons. The summed E-state index contributed by atoms with van der Waals surface area (Å²) in [5.74, 6) is -1.55. The summed E-state index contributed by atoms with van der Waals surface area (Å²) in [6, 6.07) is 12.2. The van der Waals surface area contributed by atoms with Gasteiger partial charge in [0, 0.05) is 34.5 Å². The van der Waals surface area contributed by atoms with Gasteiger partial charge in [0.25, 0.3) is 0 Å². The molecular weight excluding hydrogens is 444 g/mol. The van der Waals surface area contributed by atoms with Gasteiger partial charge in [0.2, 0.25) is 11.8 Å². The number of thioether (sulfide) groups is 1. The van der Waals surface area contributed by atoms with Gasteiger partial charge in [0.15, 0.2) is 0 Å². The van der Waals surface area contributed by atoms with Crippen molar-refractivity contribution in [3.05, 3.63) is 54.6 Å². The van der Waals surface area contributed by atoms with Crippen molar-refractivity contribution in [2.24, 2.45) is 11.8 Å². The number of amides is 2. The monoisotopic (exact) mass is 470 g/mol. The van der Waals surface area contributed by atoms with Crippen LogP contribution in [0.5, 0.6) is 11.5 Å². The first-order chi connectivity index (χ1) is 15.9. The molecule has 2 aromatic carbocycles. The first kappa shape index (κ1) is 24.2. The average Bonchev–Trinajstić information content (AvgIpc) is 2.82. The van der Waals surface area contributed by atoms with Gasteiger partial charge in [-0.2, -0.15) is 0 Å². The van der Waals surface area contributed by atoms with E-state index in [-0.39, 0.29) is 17.6 Å². The van der Waals surface area contributed by atoms with Gasteiger partial charge in [-0.25, -0.2) is 0 Å². The van der Waals surface area contributed by atoms with Crippen molar-refractivity contribution in [3.8, 4) is 11.5 Å². The van der Waals surface area contributed by atoms with Crippen LogP contribution in [-0.2, 0) is 14.4 Å². The Hall–Kier alpha value is -3.46. The fraction of sp³-hybridized carbons (Fsp3) is 0.292. The molecule has 3 rings (SSSR count). The maximum atomic E-state index is 12.7. The SMILES string of the molecule is COc1cc(NC(=O)CSc2cccc(NC(=O)C3CC=CCC3C(=O)O)c2)cc(OC)c1. The second-order valence-corrected chi connectivity index (χ2v) is 8.50. The smallest absolute Gasteiger partial charge is 0.307 e. The Morgan fingerprint density at radius 2 is 1.61 bits per heavy atom. The summed E-state index contributed by atoms with van der Waals surface area (Å²) >= 11 is 1.32. The zero-order valence-electron chi connectivity index (χ0n) is 18.4. The quantitative estimate of drug-likeness (QED) is 0.374. The molecular formula is C24H26N2O6S. The standard InChI is InChI=1S/C24H26N2O6S/c1-31-17-10-16(11-18(13-17)32-2)25-22(27)14-33-19-7-5-6-15(12-19)26-23(28)20-8-3-4-9-21(20)24(29)30/h3-7,10-13,20-21H,8-9,14H2,1-2H3,(H,25,27)(H,26,28)(H,29,30). The van der Waals surface area contributed by atoms with E-state index in [1.807, 2.05) is 12.1 Å². The van der Waals surface area contributed by atoms with Crippen molar-refractivity contribution < 1.29 is 29.0 Å². The van der Waals surface area contributed by atoms with Gasteiger partial charge >= 0.3 is 5.97 Å². The minimum absolute atomic E-state index is 0.158. The van der Waals surface area contributed by atoms with Crippen molar-refractivity contribution in [3.63, 3.8) is 0 Å². The average molecular weight is 471 g/mol. The second-order valence-electron chi connectivity index (χ2n) is 7.45. The molecule has 0 bridgehead atoms. The lowest BCUT2D eigenvalue weighted by Gasteiger charge is -2.24. The minimum atomic E-state index is -0.969. The maximum absolute atomic E-state index is 12.7. The van der Waals surface area contributed by atoms with Gasteiger partial charge in [0.05, 0.1) is 31.8 Å². The van der Waals surface area contributed by atoms with Crippen LogP contribution in [0.1, 0.15) is 12.8 Å². The predicted octanol–water partition coefficient (Wildman–Crippen LogP) is 4.04. The van der Waals surface area contributed by atoms with Crippen molar-refractivity contribution in [2.45, 2.75) is 17.7 Å². The number of hydrogen-bond donors (Lipinski definition) is 3. The number of carbonyl (C=O) groups is 3. The fourth-order valence-corrected chi connectivity index (χ4v) is 4.26. The lowest BCUT2D eigenvalue weighted by Crippen LogP contribution is -2.34. The van der Waals surface area contributed by atoms with Crippen molar-refractivity contribution in [2.75, 3.05) is 30.6 Å². The number of rotatable bonds is 9. The largest absolute Gasteiger partial charge is 0.497 e. The third kappa shape index (κ3) is 6.76. The third-order valence-electron chi connectivity index (χ3n) is 5.19. The molecule has 2 unspecified atom stereocenters. The van der Waals surface area contributed by atoms with Crippen LogP contribution in [0.3, 0.4) is 0 Å². The Morgan fingerprint density at radius 3 is 2.24 bits per heavy atom. The lowest BCUT2D eigenvalue weighted by molar-refractivity contribution is -0.146. The van der Waals surface area contributed by atoms with E-state index in [4.69, 9.17) is 9.47 Å². The molecule has 0 heterocycles. The predicted molar refractivity (Wildman–Crippen MR) is 127 cm³/mol. The number of carboxylic acid groups (broad SMARTS) is 1. The van der Waals surface area contributed by atoms with Crippen LogP contribution >= 0.6 is 11.8 Å². The first-order valence-electron chi connectivity index (χ1n) is 10.3. The van der Waals surface area contributed by atoms with Gasteiger partial charge < -0.3 is 25.2 Å². The molecule has 0 fully saturated rings. The highest BCUT2D eigenvalue weighted by Gasteiger charge is 2.33. The van der Waals surface area contributed by atoms with Crippen LogP contribution in [0, 0.1) is 11.8 Å². The van der Waals surface area contributed by atoms with Crippen molar-refractivity contribution >= 4 is 40.9 Å². The number of aliphatic carboxylic acids is 1. The summed E-state index contributed by atoms with van der Waals surface area (Å²) in [5, 5.41) is 15.0. The number of hydrogen-bond acceptors (Lipinski definition) is 6. The van der Waals surface area contributed by atoms with E-state index in [9.17, 15) is 19.5 Å². The molecule has 0 aliphatic heterocycles. The molecule has 1 aliphatic rings. The van der Waals surface area contributed by atoms with E-state index in [0.717, 1.165) is 4.90 Å². The normalized spacial score (nSPS) is 17.2. The van der Waals surface area contributed by atoms with E-state index in [1.54, 1.807) is 42.5 Å². The van der Waals surface area contributed by atoms with Crippen LogP contribution < -0.4 is 20.1 Å². The van der Waals surface area contributed by atoms with Crippen LogP contribution in [0.4, 0.5) is 11.4 Å². The number of ether oxygens (including phenoxy) is 2. The Balaban J connectivity index is 1.58. The minimum Gasteiger partial charge on any atom is -0.497 e. The Kier molecular flexibility index (Phi) is 8.37. The number of methoxy groups -OCH3 is 2. The van der Waals surface area contributed by atoms with Crippen molar-refractivity contribution in [1.29, 1.82) is 0 Å². The molecule has 0 saturated heterocycles. The molecule has 8 nitrogen and oxygen atoms in total. The molecule has 3 N–H and O–H groups in total. The molecule has 0 aromatic heterocycles. The molecule has 9 heteroatoms. The molecule has 2 atom stereocenters. The van der Waals surface area contributed by atoms with Crippen LogP contribution in [-0.4, -0.2) is 42.9 Å². The molecule has 0 radical (unpaired) electrons. The fourth-order valence-electron chi connectivity index (χ4n) is 3.50. The van der Waals surface area contributed by atoms with E-state index in [2.05, 4.69) is 10.6 Å². The topological polar surface area (TPSA) is 114 Å². The number of anilines is 2. The zero-order valence-corrected chi connectivity index (χ0v) is 19.2. The highest BCUT2D eigenvalue weighted by atomic mass is 32.2. The zero-order chi connectivity index (χ0) is 23.8. The van der Waals surface area contributed by atoms with E-state index in [1.165, 1.54) is 26.0 Å². The Labute approximate surface area is 196 Å². The number of benzene rings is 2. The second kappa shape index (κ2) is 11.4. The number of allylic oxidation sites excluding steroid dienone is 2. The Morgan fingerprint density at radius 1 is 0.939 bits per heavy atom. The van der Waals surface area contributed by atoms with Gasteiger partial charge in [-0.15, -0.1) is 11.8 Å². The third-order valence-corrected chi connectivity index (χ3v) is 6.19. The number of nitrogens with one attached hydrogen (secondary N) is 2. The van der Waals surface area contributed by atoms with Crippen LogP contribution in [0.2, 0.25) is 0 Å². The summed E-state index contributed by atoms with van der Waals surface area (Å²) in [6.45, 7) is 0. The van der Waals surface area contributed by atoms with E-state index >= 15 is 0 Å². The summed E-state index contributed by atoms with van der Waals surface area (Å²) in [6.07, 6.45) is 4.38. The Bertz CT molecular complexity index is 1030. The first-order valence-corrected chi connectivity index (χ1v) is 11.3. The summed E-state index contributed by atoms with van der Waals surface area (Å²) < 4.78 is 10.4. The number of carbonyl (C=O) groups excluding carboxylic acids is 2. The van der Waals surface area contributed by atoms with E-state index in [0.29, 0.717) is 35.7 Å². The lowest BCUT2D eigenvalue weighted by atomic mass is 9.82. The van der Waals surface area contributed by atoms with Crippen molar-refractivity contribution in [1.82, 2.24) is 0 Å². The maximum Gasteiger partial charge on any atom is 0.307 e. The van der Waals surface area contributed by atoms with Crippen LogP contribution in [0.15, 0.2) is 59.5 Å². The van der Waals surface area contributed by atoms with Gasteiger partial charge in [-0.3, -0.25) is 14.4 Å². The highest BCUT2D eigenvalue weighted by molar-refractivity contribution is 8.00. The molecule has 1 aliphatic carbocycles. The summed E-state index contributed by atoms with van der Waals surface area (Å²) in [5.41, 5.74) is 1.12. The van der Waals surface area contributed by atoms with Gasteiger partial charge in [0.1, 0.15) is 11.5 Å². The summed E-state index contributed by atoms with van der Waals surface area (Å²) in [4.78, 5) is 37.3. The summed E-state index contributed by atoms with van der Waals surface area (Å²) in [7, 11) is 3.07. The van der Waals surface area contributed by atoms with Crippen LogP contribution in [0.25, 0.3) is 0 Å². The molecule has 0 spiro atoms. The molecule has 33 heavy (non-hydrogen) atoms. The highest BCUT2D eigenvalue weighted by Crippen LogP contribution is 2.29. The molecule has 2 aromatic rings. The van der Waals surface area contributed by atoms with Gasteiger partial charge in [-0.05, 0) is 31.0 Å². The van der Waals surface area contributed by atoms with Gasteiger partial charge in [-0.1, -0.05) is 18.2 Å². The van der Waals surface area contributed by atoms with E-state index < -0.39 is 17.8 Å². The molecule has 2 amide bonds. The molecule has 0 saturated carbocycles. The number of carboxylic acids is 1.